The number of quaternary nitrogens is 1. The van der Waals surface area contributed by atoms with Gasteiger partial charge in [0.15, 0.2) is 17.2 Å². The average molecular weight is 506 g/mol. The molecule has 4 fully saturated rings. The molecular formula is C28H45N2O6+. The van der Waals surface area contributed by atoms with Crippen LogP contribution >= 0.6 is 0 Å². The van der Waals surface area contributed by atoms with Crippen molar-refractivity contribution < 1.29 is 34.3 Å². The second kappa shape index (κ2) is 10.6. The maximum absolute atomic E-state index is 14.0. The number of ether oxygens (including phenoxy) is 2. The van der Waals surface area contributed by atoms with Gasteiger partial charge >= 0.3 is 5.97 Å². The Hall–Kier alpha value is -1.61. The third kappa shape index (κ3) is 4.59. The third-order valence-corrected chi connectivity index (χ3v) is 9.35. The van der Waals surface area contributed by atoms with Gasteiger partial charge in [-0.15, -0.1) is 0 Å². The van der Waals surface area contributed by atoms with Crippen LogP contribution in [0, 0.1) is 29.6 Å². The molecule has 7 atom stereocenters. The van der Waals surface area contributed by atoms with E-state index in [1.54, 1.807) is 0 Å². The molecule has 0 amide bonds. The van der Waals surface area contributed by atoms with Crippen LogP contribution in [-0.4, -0.2) is 60.3 Å². The molecule has 0 spiro atoms. The first-order chi connectivity index (χ1) is 17.1. The Morgan fingerprint density at radius 3 is 2.64 bits per heavy atom. The molecule has 202 valence electrons. The zero-order valence-electron chi connectivity index (χ0n) is 22.4. The van der Waals surface area contributed by atoms with Crippen LogP contribution in [0.4, 0.5) is 0 Å². The number of aliphatic hydroxyl groups excluding tert-OH is 1. The lowest BCUT2D eigenvalue weighted by atomic mass is 9.56. The van der Waals surface area contributed by atoms with E-state index in [1.807, 2.05) is 6.92 Å². The Morgan fingerprint density at radius 1 is 1.25 bits per heavy atom. The highest BCUT2D eigenvalue weighted by Crippen LogP contribution is 2.63. The summed E-state index contributed by atoms with van der Waals surface area (Å²) in [5, 5.41) is 12.5. The SMILES string of the molecule is COC(=O)C12OC1(CC(CO)=C(C)CCC1CC[NH2+]C(N)C1)C(=O)C1CCCC(CC(C)C)C1C2=O. The summed E-state index contributed by atoms with van der Waals surface area (Å²) < 4.78 is 11.1. The Morgan fingerprint density at radius 2 is 2.00 bits per heavy atom. The Bertz CT molecular complexity index is 916. The first-order valence-electron chi connectivity index (χ1n) is 13.9. The van der Waals surface area contributed by atoms with Gasteiger partial charge in [-0.2, -0.15) is 0 Å². The number of hydrogen-bond donors (Lipinski definition) is 3. The number of methoxy groups -OCH3 is 1. The van der Waals surface area contributed by atoms with Crippen molar-refractivity contribution >= 4 is 17.5 Å². The van der Waals surface area contributed by atoms with Gasteiger partial charge in [-0.3, -0.25) is 15.3 Å². The highest BCUT2D eigenvalue weighted by Gasteiger charge is 2.87. The summed E-state index contributed by atoms with van der Waals surface area (Å²) in [7, 11) is 1.24. The third-order valence-electron chi connectivity index (χ3n) is 9.35. The standard InChI is InChI=1S/C28H44N2O6/c1-16(2)12-19-6-5-7-21-23(19)25(33)28(26(34)35-4)27(36-28,24(21)32)14-20(15-31)17(3)8-9-18-10-11-30-22(29)13-18/h16,18-19,21-23,30-31H,5-15,29H2,1-4H3/p+1. The van der Waals surface area contributed by atoms with Crippen molar-refractivity contribution in [1.29, 1.82) is 0 Å². The quantitative estimate of drug-likeness (QED) is 0.188. The molecule has 2 aliphatic carbocycles. The summed E-state index contributed by atoms with van der Waals surface area (Å²) in [4.78, 5) is 41.1. The number of aliphatic hydroxyl groups is 1. The molecule has 8 heteroatoms. The number of Topliss-reactive ketones (excluding diaryl/α,β-unsaturated/α-hetero) is 2. The Labute approximate surface area is 214 Å². The van der Waals surface area contributed by atoms with Crippen LogP contribution in [0.25, 0.3) is 0 Å². The molecule has 0 bridgehead atoms. The van der Waals surface area contributed by atoms with Crippen LogP contribution in [0.3, 0.4) is 0 Å². The van der Waals surface area contributed by atoms with Gasteiger partial charge in [0.05, 0.1) is 20.3 Å². The fourth-order valence-electron chi connectivity index (χ4n) is 7.44. The normalized spacial score (nSPS) is 38.8. The largest absolute Gasteiger partial charge is 0.466 e. The number of esters is 1. The topological polar surface area (TPSA) is 136 Å². The van der Waals surface area contributed by atoms with Gasteiger partial charge in [-0.1, -0.05) is 25.8 Å². The van der Waals surface area contributed by atoms with Crippen molar-refractivity contribution in [2.24, 2.45) is 35.3 Å². The van der Waals surface area contributed by atoms with E-state index in [0.717, 1.165) is 57.1 Å². The van der Waals surface area contributed by atoms with Crippen LogP contribution < -0.4 is 11.1 Å². The molecule has 0 aromatic rings. The van der Waals surface area contributed by atoms with E-state index >= 15 is 0 Å². The number of carbonyl (C=O) groups excluding carboxylic acids is 3. The van der Waals surface area contributed by atoms with Crippen molar-refractivity contribution in [2.75, 3.05) is 20.3 Å². The summed E-state index contributed by atoms with van der Waals surface area (Å²) >= 11 is 0. The minimum atomic E-state index is -1.88. The molecule has 4 aliphatic rings. The number of hydrogen-bond acceptors (Lipinski definition) is 7. The molecule has 0 radical (unpaired) electrons. The van der Waals surface area contributed by atoms with Crippen LogP contribution in [0.2, 0.25) is 0 Å². The molecule has 2 aliphatic heterocycles. The molecule has 7 unspecified atom stereocenters. The number of ketones is 2. The molecule has 8 nitrogen and oxygen atoms in total. The summed E-state index contributed by atoms with van der Waals surface area (Å²) in [6.45, 7) is 6.99. The lowest BCUT2D eigenvalue weighted by molar-refractivity contribution is -0.699. The molecular weight excluding hydrogens is 460 g/mol. The minimum absolute atomic E-state index is 0.0605. The highest BCUT2D eigenvalue weighted by molar-refractivity contribution is 6.23. The molecule has 2 heterocycles. The van der Waals surface area contributed by atoms with E-state index < -0.39 is 29.0 Å². The van der Waals surface area contributed by atoms with Crippen molar-refractivity contribution in [1.82, 2.24) is 0 Å². The van der Waals surface area contributed by atoms with Gasteiger partial charge in [-0.25, -0.2) is 4.79 Å². The second-order valence-corrected chi connectivity index (χ2v) is 12.1. The summed E-state index contributed by atoms with van der Waals surface area (Å²) in [5.41, 5.74) is 4.34. The lowest BCUT2D eigenvalue weighted by Gasteiger charge is -2.42. The monoisotopic (exact) mass is 505 g/mol. The van der Waals surface area contributed by atoms with Crippen LogP contribution in [0.15, 0.2) is 11.1 Å². The van der Waals surface area contributed by atoms with Gasteiger partial charge in [0.2, 0.25) is 0 Å². The fraction of sp³-hybridized carbons (Fsp3) is 0.821. The predicted octanol–water partition coefficient (Wildman–Crippen LogP) is 1.63. The first-order valence-corrected chi connectivity index (χ1v) is 13.9. The van der Waals surface area contributed by atoms with Crippen LogP contribution in [-0.2, 0) is 23.9 Å². The van der Waals surface area contributed by atoms with Crippen molar-refractivity contribution in [3.05, 3.63) is 11.1 Å². The molecule has 0 aromatic carbocycles. The van der Waals surface area contributed by atoms with Gasteiger partial charge in [0, 0.05) is 24.7 Å². The highest BCUT2D eigenvalue weighted by atomic mass is 16.7. The van der Waals surface area contributed by atoms with Gasteiger partial charge in [0.25, 0.3) is 5.60 Å². The zero-order valence-corrected chi connectivity index (χ0v) is 22.4. The summed E-state index contributed by atoms with van der Waals surface area (Å²) in [6, 6.07) is 0. The maximum Gasteiger partial charge on any atom is 0.349 e. The van der Waals surface area contributed by atoms with Gasteiger partial charge in [0.1, 0.15) is 6.17 Å². The number of carbonyl (C=O) groups is 3. The van der Waals surface area contributed by atoms with E-state index in [9.17, 15) is 19.5 Å². The lowest BCUT2D eigenvalue weighted by Crippen LogP contribution is -2.94. The average Bonchev–Trinajstić information content (AvgIpc) is 3.55. The zero-order chi connectivity index (χ0) is 26.3. The second-order valence-electron chi connectivity index (χ2n) is 12.1. The molecule has 2 saturated heterocycles. The Kier molecular flexibility index (Phi) is 8.10. The molecule has 36 heavy (non-hydrogen) atoms. The smallest absolute Gasteiger partial charge is 0.349 e. The predicted molar refractivity (Wildman–Crippen MR) is 133 cm³/mol. The van der Waals surface area contributed by atoms with Crippen molar-refractivity contribution in [3.63, 3.8) is 0 Å². The molecule has 5 N–H and O–H groups in total. The molecule has 2 saturated carbocycles. The van der Waals surface area contributed by atoms with E-state index in [1.165, 1.54) is 7.11 Å². The molecule has 4 rings (SSSR count). The van der Waals surface area contributed by atoms with E-state index in [-0.39, 0.29) is 36.7 Å². The number of piperidine rings is 1. The minimum Gasteiger partial charge on any atom is -0.466 e. The first kappa shape index (κ1) is 27.4. The fourth-order valence-corrected chi connectivity index (χ4v) is 7.44. The molecule has 0 aromatic heterocycles. The van der Waals surface area contributed by atoms with Crippen molar-refractivity contribution in [2.45, 2.75) is 95.9 Å². The summed E-state index contributed by atoms with van der Waals surface area (Å²) in [6.07, 6.45) is 7.27. The number of allylic oxidation sites excluding steroid dienone is 1. The summed E-state index contributed by atoms with van der Waals surface area (Å²) in [5.74, 6) is -1.17. The van der Waals surface area contributed by atoms with E-state index in [2.05, 4.69) is 19.2 Å². The van der Waals surface area contributed by atoms with E-state index in [4.69, 9.17) is 15.2 Å². The number of nitrogens with two attached hydrogens (primary N) is 2. The van der Waals surface area contributed by atoms with Gasteiger partial charge < -0.3 is 19.9 Å². The Balaban J connectivity index is 1.60. The van der Waals surface area contributed by atoms with Crippen LogP contribution in [0.5, 0.6) is 0 Å². The van der Waals surface area contributed by atoms with E-state index in [0.29, 0.717) is 23.8 Å². The van der Waals surface area contributed by atoms with Crippen molar-refractivity contribution in [3.8, 4) is 0 Å². The number of fused-ring (bicyclic) bond motifs is 2. The van der Waals surface area contributed by atoms with Crippen LogP contribution in [0.1, 0.15) is 78.6 Å². The number of rotatable bonds is 9. The number of epoxide rings is 1. The van der Waals surface area contributed by atoms with Gasteiger partial charge in [-0.05, 0) is 68.8 Å². The maximum atomic E-state index is 14.0.